The van der Waals surface area contributed by atoms with Gasteiger partial charge in [-0.2, -0.15) is 0 Å². The molecule has 0 radical (unpaired) electrons. The van der Waals surface area contributed by atoms with Gasteiger partial charge < -0.3 is 10.1 Å². The summed E-state index contributed by atoms with van der Waals surface area (Å²) in [6.45, 7) is -0.163. The minimum absolute atomic E-state index is 0.00169. The molecule has 136 valence electrons. The highest BCUT2D eigenvalue weighted by Gasteiger charge is 2.12. The van der Waals surface area contributed by atoms with Crippen LogP contribution in [0.3, 0.4) is 0 Å². The molecule has 0 spiro atoms. The minimum atomic E-state index is -0.611. The molecule has 1 N–H and O–H groups in total. The van der Waals surface area contributed by atoms with E-state index in [1.54, 1.807) is 42.5 Å². The SMILES string of the molecule is O=C(COC(=O)CCC(=O)c1ccc(Cl)cc1)NCc1ccccc1Cl. The number of rotatable bonds is 8. The van der Waals surface area contributed by atoms with Crippen LogP contribution in [0.4, 0.5) is 0 Å². The molecule has 0 atom stereocenters. The molecule has 2 rings (SSSR count). The summed E-state index contributed by atoms with van der Waals surface area (Å²) in [6.07, 6.45) is -0.0963. The van der Waals surface area contributed by atoms with Crippen molar-refractivity contribution in [1.82, 2.24) is 5.32 Å². The second kappa shape index (κ2) is 9.94. The number of carbonyl (C=O) groups is 3. The number of ether oxygens (including phenoxy) is 1. The standard InChI is InChI=1S/C19H17Cl2NO4/c20-15-7-5-13(6-8-15)17(23)9-10-19(25)26-12-18(24)22-11-14-3-1-2-4-16(14)21/h1-8H,9-12H2,(H,22,24). The zero-order valence-corrected chi connectivity index (χ0v) is 15.3. The van der Waals surface area contributed by atoms with E-state index >= 15 is 0 Å². The Bertz CT molecular complexity index is 790. The number of hydrogen-bond acceptors (Lipinski definition) is 4. The van der Waals surface area contributed by atoms with Crippen LogP contribution in [0.25, 0.3) is 0 Å². The molecule has 2 aromatic carbocycles. The summed E-state index contributed by atoms with van der Waals surface area (Å²) in [5.74, 6) is -1.25. The molecule has 0 aliphatic rings. The molecule has 5 nitrogen and oxygen atoms in total. The minimum Gasteiger partial charge on any atom is -0.456 e. The van der Waals surface area contributed by atoms with Gasteiger partial charge >= 0.3 is 5.97 Å². The van der Waals surface area contributed by atoms with Gasteiger partial charge in [0.15, 0.2) is 12.4 Å². The van der Waals surface area contributed by atoms with Crippen molar-refractivity contribution in [3.05, 3.63) is 69.7 Å². The zero-order valence-electron chi connectivity index (χ0n) is 13.8. The number of nitrogens with one attached hydrogen (secondary N) is 1. The van der Waals surface area contributed by atoms with Gasteiger partial charge in [0.1, 0.15) is 0 Å². The Kier molecular flexibility index (Phi) is 7.63. The molecular weight excluding hydrogens is 377 g/mol. The van der Waals surface area contributed by atoms with Crippen LogP contribution in [0.2, 0.25) is 10.0 Å². The average Bonchev–Trinajstić information content (AvgIpc) is 2.64. The number of hydrogen-bond donors (Lipinski definition) is 1. The second-order valence-corrected chi connectivity index (χ2v) is 6.30. The van der Waals surface area contributed by atoms with Crippen LogP contribution in [-0.4, -0.2) is 24.3 Å². The van der Waals surface area contributed by atoms with E-state index in [4.69, 9.17) is 27.9 Å². The zero-order chi connectivity index (χ0) is 18.9. The first-order chi connectivity index (χ1) is 12.5. The first-order valence-electron chi connectivity index (χ1n) is 7.90. The molecule has 0 unspecified atom stereocenters. The van der Waals surface area contributed by atoms with Gasteiger partial charge in [-0.15, -0.1) is 0 Å². The van der Waals surface area contributed by atoms with E-state index in [-0.39, 0.29) is 25.2 Å². The highest BCUT2D eigenvalue weighted by molar-refractivity contribution is 6.31. The maximum absolute atomic E-state index is 11.9. The van der Waals surface area contributed by atoms with Crippen molar-refractivity contribution < 1.29 is 19.1 Å². The molecule has 2 aromatic rings. The van der Waals surface area contributed by atoms with E-state index in [0.29, 0.717) is 15.6 Å². The predicted octanol–water partition coefficient (Wildman–Crippen LogP) is 3.82. The van der Waals surface area contributed by atoms with Gasteiger partial charge in [0.25, 0.3) is 5.91 Å². The van der Waals surface area contributed by atoms with E-state index in [0.717, 1.165) is 5.56 Å². The Labute approximate surface area is 161 Å². The Morgan fingerprint density at radius 1 is 0.923 bits per heavy atom. The van der Waals surface area contributed by atoms with Crippen LogP contribution in [-0.2, 0) is 20.9 Å². The molecule has 0 saturated carbocycles. The van der Waals surface area contributed by atoms with Gasteiger partial charge in [-0.05, 0) is 35.9 Å². The van der Waals surface area contributed by atoms with Crippen molar-refractivity contribution in [2.75, 3.05) is 6.61 Å². The van der Waals surface area contributed by atoms with E-state index in [9.17, 15) is 14.4 Å². The largest absolute Gasteiger partial charge is 0.456 e. The molecule has 0 heterocycles. The van der Waals surface area contributed by atoms with Crippen molar-refractivity contribution in [3.63, 3.8) is 0 Å². The highest BCUT2D eigenvalue weighted by atomic mass is 35.5. The third-order valence-corrected chi connectivity index (χ3v) is 4.14. The molecule has 7 heteroatoms. The van der Waals surface area contributed by atoms with Gasteiger partial charge in [-0.25, -0.2) is 0 Å². The third-order valence-electron chi connectivity index (χ3n) is 3.52. The Morgan fingerprint density at radius 2 is 1.62 bits per heavy atom. The van der Waals surface area contributed by atoms with Gasteiger partial charge in [-0.1, -0.05) is 41.4 Å². The maximum Gasteiger partial charge on any atom is 0.306 e. The lowest BCUT2D eigenvalue weighted by Crippen LogP contribution is -2.28. The molecular formula is C19H17Cl2NO4. The smallest absolute Gasteiger partial charge is 0.306 e. The van der Waals surface area contributed by atoms with Crippen LogP contribution < -0.4 is 5.32 Å². The summed E-state index contributed by atoms with van der Waals surface area (Å²) in [6, 6.07) is 13.5. The Balaban J connectivity index is 1.68. The van der Waals surface area contributed by atoms with Gasteiger partial charge in [0.2, 0.25) is 0 Å². The molecule has 0 aliphatic carbocycles. The second-order valence-electron chi connectivity index (χ2n) is 5.46. The monoisotopic (exact) mass is 393 g/mol. The number of carbonyl (C=O) groups excluding carboxylic acids is 3. The number of ketones is 1. The Morgan fingerprint density at radius 3 is 2.31 bits per heavy atom. The molecule has 0 aromatic heterocycles. The van der Waals surface area contributed by atoms with Gasteiger partial charge in [-0.3, -0.25) is 14.4 Å². The van der Waals surface area contributed by atoms with E-state index in [1.165, 1.54) is 0 Å². The van der Waals surface area contributed by atoms with Crippen LogP contribution in [0, 0.1) is 0 Å². The predicted molar refractivity (Wildman–Crippen MR) is 99.3 cm³/mol. The molecule has 0 bridgehead atoms. The van der Waals surface area contributed by atoms with E-state index in [2.05, 4.69) is 5.32 Å². The first kappa shape index (κ1) is 19.9. The Hall–Kier alpha value is -2.37. The van der Waals surface area contributed by atoms with Crippen LogP contribution in [0.1, 0.15) is 28.8 Å². The lowest BCUT2D eigenvalue weighted by Gasteiger charge is -2.08. The fourth-order valence-corrected chi connectivity index (χ4v) is 2.43. The average molecular weight is 394 g/mol. The molecule has 0 fully saturated rings. The fraction of sp³-hybridized carbons (Fsp3) is 0.211. The van der Waals surface area contributed by atoms with Gasteiger partial charge in [0, 0.05) is 28.6 Å². The highest BCUT2D eigenvalue weighted by Crippen LogP contribution is 2.14. The third kappa shape index (κ3) is 6.50. The maximum atomic E-state index is 11.9. The van der Waals surface area contributed by atoms with E-state index < -0.39 is 18.5 Å². The van der Waals surface area contributed by atoms with E-state index in [1.807, 2.05) is 6.07 Å². The number of Topliss-reactive ketones (excluding diaryl/α,β-unsaturated/α-hetero) is 1. The summed E-state index contributed by atoms with van der Waals surface area (Å²) in [4.78, 5) is 35.3. The van der Waals surface area contributed by atoms with Crippen molar-refractivity contribution >= 4 is 40.9 Å². The normalized spacial score (nSPS) is 10.2. The van der Waals surface area contributed by atoms with Crippen LogP contribution >= 0.6 is 23.2 Å². The fourth-order valence-electron chi connectivity index (χ4n) is 2.10. The van der Waals surface area contributed by atoms with Crippen molar-refractivity contribution in [1.29, 1.82) is 0 Å². The molecule has 1 amide bonds. The van der Waals surface area contributed by atoms with Crippen molar-refractivity contribution in [3.8, 4) is 0 Å². The summed E-state index contributed by atoms with van der Waals surface area (Å²) >= 11 is 11.7. The number of esters is 1. The summed E-state index contributed by atoms with van der Waals surface area (Å²) in [5, 5.41) is 3.69. The summed E-state index contributed by atoms with van der Waals surface area (Å²) < 4.78 is 4.87. The lowest BCUT2D eigenvalue weighted by molar-refractivity contribution is -0.148. The van der Waals surface area contributed by atoms with Crippen LogP contribution in [0.5, 0.6) is 0 Å². The summed E-state index contributed by atoms with van der Waals surface area (Å²) in [7, 11) is 0. The van der Waals surface area contributed by atoms with Crippen molar-refractivity contribution in [2.24, 2.45) is 0 Å². The topological polar surface area (TPSA) is 72.5 Å². The molecule has 0 saturated heterocycles. The first-order valence-corrected chi connectivity index (χ1v) is 8.66. The molecule has 0 aliphatic heterocycles. The summed E-state index contributed by atoms with van der Waals surface area (Å²) in [5.41, 5.74) is 1.24. The molecule has 26 heavy (non-hydrogen) atoms. The lowest BCUT2D eigenvalue weighted by atomic mass is 10.1. The van der Waals surface area contributed by atoms with Crippen LogP contribution in [0.15, 0.2) is 48.5 Å². The number of amides is 1. The van der Waals surface area contributed by atoms with Crippen molar-refractivity contribution in [2.45, 2.75) is 19.4 Å². The van der Waals surface area contributed by atoms with Gasteiger partial charge in [0.05, 0.1) is 6.42 Å². The quantitative estimate of drug-likeness (QED) is 0.546. The number of benzene rings is 2. The number of halogens is 2.